The first-order valence-electron chi connectivity index (χ1n) is 7.00. The minimum absolute atomic E-state index is 0.349. The number of hydrogen-bond donors (Lipinski definition) is 2. The van der Waals surface area contributed by atoms with E-state index in [4.69, 9.17) is 0 Å². The van der Waals surface area contributed by atoms with Crippen LogP contribution in [-0.4, -0.2) is 21.5 Å². The zero-order chi connectivity index (χ0) is 13.9. The highest BCUT2D eigenvalue weighted by Crippen LogP contribution is 2.24. The molecule has 0 amide bonds. The zero-order valence-corrected chi connectivity index (χ0v) is 11.8. The Balaban J connectivity index is 1.88. The maximum absolute atomic E-state index is 4.55. The summed E-state index contributed by atoms with van der Waals surface area (Å²) in [7, 11) is 0. The van der Waals surface area contributed by atoms with E-state index in [1.807, 2.05) is 32.0 Å². The molecule has 1 aliphatic rings. The van der Waals surface area contributed by atoms with Crippen molar-refractivity contribution in [3.8, 4) is 0 Å². The second-order valence-electron chi connectivity index (χ2n) is 5.17. The van der Waals surface area contributed by atoms with Crippen LogP contribution in [0.3, 0.4) is 0 Å². The molecule has 5 nitrogen and oxygen atoms in total. The van der Waals surface area contributed by atoms with Gasteiger partial charge in [-0.15, -0.1) is 0 Å². The highest BCUT2D eigenvalue weighted by atomic mass is 15.1. The Kier molecular flexibility index (Phi) is 3.60. The van der Waals surface area contributed by atoms with Crippen molar-refractivity contribution in [3.63, 3.8) is 0 Å². The molecule has 0 radical (unpaired) electrons. The third-order valence-corrected chi connectivity index (χ3v) is 3.53. The second-order valence-corrected chi connectivity index (χ2v) is 5.17. The molecule has 1 aliphatic heterocycles. The van der Waals surface area contributed by atoms with E-state index in [2.05, 4.69) is 25.6 Å². The number of rotatable bonds is 3. The van der Waals surface area contributed by atoms with E-state index in [-0.39, 0.29) is 0 Å². The Morgan fingerprint density at radius 1 is 1.30 bits per heavy atom. The number of aryl methyl sites for hydroxylation is 2. The third kappa shape index (κ3) is 2.77. The molecule has 0 saturated carbocycles. The van der Waals surface area contributed by atoms with E-state index >= 15 is 0 Å². The SMILES string of the molecule is Cc1nc(Nc2ncccc2C)cc(C2CCCN2)n1. The average Bonchev–Trinajstić information content (AvgIpc) is 2.95. The summed E-state index contributed by atoms with van der Waals surface area (Å²) in [5, 5.41) is 6.76. The lowest BCUT2D eigenvalue weighted by atomic mass is 10.1. The molecular formula is C15H19N5. The predicted octanol–water partition coefficient (Wildman–Crippen LogP) is 2.66. The average molecular weight is 269 g/mol. The van der Waals surface area contributed by atoms with Gasteiger partial charge in [-0.05, 0) is 44.9 Å². The molecule has 5 heteroatoms. The summed E-state index contributed by atoms with van der Waals surface area (Å²) >= 11 is 0. The fraction of sp³-hybridized carbons (Fsp3) is 0.400. The Morgan fingerprint density at radius 2 is 2.20 bits per heavy atom. The molecule has 3 rings (SSSR count). The minimum Gasteiger partial charge on any atom is -0.325 e. The molecule has 0 spiro atoms. The van der Waals surface area contributed by atoms with Crippen molar-refractivity contribution in [1.29, 1.82) is 0 Å². The van der Waals surface area contributed by atoms with Gasteiger partial charge in [0.15, 0.2) is 0 Å². The van der Waals surface area contributed by atoms with Gasteiger partial charge in [0.1, 0.15) is 17.5 Å². The van der Waals surface area contributed by atoms with Gasteiger partial charge >= 0.3 is 0 Å². The Morgan fingerprint density at radius 3 is 2.95 bits per heavy atom. The summed E-state index contributed by atoms with van der Waals surface area (Å²) in [6, 6.07) is 6.33. The van der Waals surface area contributed by atoms with Crippen molar-refractivity contribution in [2.24, 2.45) is 0 Å². The molecule has 104 valence electrons. The lowest BCUT2D eigenvalue weighted by Crippen LogP contribution is -2.15. The second kappa shape index (κ2) is 5.54. The molecule has 0 aliphatic carbocycles. The summed E-state index contributed by atoms with van der Waals surface area (Å²) in [5.41, 5.74) is 2.16. The highest BCUT2D eigenvalue weighted by Gasteiger charge is 2.18. The van der Waals surface area contributed by atoms with Crippen LogP contribution in [0.2, 0.25) is 0 Å². The smallest absolute Gasteiger partial charge is 0.135 e. The largest absolute Gasteiger partial charge is 0.325 e. The Labute approximate surface area is 118 Å². The maximum Gasteiger partial charge on any atom is 0.135 e. The molecule has 2 aromatic heterocycles. The molecule has 0 aromatic carbocycles. The number of anilines is 2. The highest BCUT2D eigenvalue weighted by molar-refractivity contribution is 5.55. The van der Waals surface area contributed by atoms with Gasteiger partial charge in [0.2, 0.25) is 0 Å². The van der Waals surface area contributed by atoms with Gasteiger partial charge in [-0.25, -0.2) is 15.0 Å². The molecule has 1 unspecified atom stereocenters. The summed E-state index contributed by atoms with van der Waals surface area (Å²) < 4.78 is 0. The molecule has 1 saturated heterocycles. The summed E-state index contributed by atoms with van der Waals surface area (Å²) in [6.45, 7) is 5.02. The van der Waals surface area contributed by atoms with E-state index in [9.17, 15) is 0 Å². The van der Waals surface area contributed by atoms with E-state index in [1.54, 1.807) is 6.20 Å². The van der Waals surface area contributed by atoms with Crippen LogP contribution < -0.4 is 10.6 Å². The monoisotopic (exact) mass is 269 g/mol. The van der Waals surface area contributed by atoms with Crippen LogP contribution in [0.4, 0.5) is 11.6 Å². The van der Waals surface area contributed by atoms with Crippen LogP contribution in [0.25, 0.3) is 0 Å². The molecule has 1 atom stereocenters. The van der Waals surface area contributed by atoms with Gasteiger partial charge in [-0.1, -0.05) is 6.07 Å². The first-order valence-corrected chi connectivity index (χ1v) is 7.00. The molecule has 0 bridgehead atoms. The first-order chi connectivity index (χ1) is 9.72. The van der Waals surface area contributed by atoms with Crippen molar-refractivity contribution < 1.29 is 0 Å². The number of nitrogens with one attached hydrogen (secondary N) is 2. The van der Waals surface area contributed by atoms with Gasteiger partial charge in [0.05, 0.1) is 5.69 Å². The molecule has 20 heavy (non-hydrogen) atoms. The zero-order valence-electron chi connectivity index (χ0n) is 11.8. The third-order valence-electron chi connectivity index (χ3n) is 3.53. The van der Waals surface area contributed by atoms with Crippen LogP contribution in [0.15, 0.2) is 24.4 Å². The van der Waals surface area contributed by atoms with E-state index in [0.717, 1.165) is 41.7 Å². The van der Waals surface area contributed by atoms with Gasteiger partial charge in [0.25, 0.3) is 0 Å². The minimum atomic E-state index is 0.349. The summed E-state index contributed by atoms with van der Waals surface area (Å²) in [5.74, 6) is 2.44. The maximum atomic E-state index is 4.55. The lowest BCUT2D eigenvalue weighted by Gasteiger charge is -2.13. The molecular weight excluding hydrogens is 250 g/mol. The van der Waals surface area contributed by atoms with Crippen LogP contribution in [0.5, 0.6) is 0 Å². The fourth-order valence-corrected chi connectivity index (χ4v) is 2.51. The Bertz CT molecular complexity index is 605. The summed E-state index contributed by atoms with van der Waals surface area (Å²) in [4.78, 5) is 13.3. The van der Waals surface area contributed by atoms with Crippen LogP contribution in [-0.2, 0) is 0 Å². The van der Waals surface area contributed by atoms with Crippen LogP contribution in [0.1, 0.15) is 36.0 Å². The summed E-state index contributed by atoms with van der Waals surface area (Å²) in [6.07, 6.45) is 4.12. The number of aromatic nitrogens is 3. The lowest BCUT2D eigenvalue weighted by molar-refractivity contribution is 0.623. The predicted molar refractivity (Wildman–Crippen MR) is 79.0 cm³/mol. The van der Waals surface area contributed by atoms with E-state index in [1.165, 1.54) is 6.42 Å². The number of hydrogen-bond acceptors (Lipinski definition) is 5. The van der Waals surface area contributed by atoms with Gasteiger partial charge in [-0.2, -0.15) is 0 Å². The van der Waals surface area contributed by atoms with Gasteiger partial charge < -0.3 is 10.6 Å². The first kappa shape index (κ1) is 13.0. The molecule has 1 fully saturated rings. The normalized spacial score (nSPS) is 18.2. The topological polar surface area (TPSA) is 62.7 Å². The quantitative estimate of drug-likeness (QED) is 0.897. The number of pyridine rings is 1. The molecule has 2 aromatic rings. The van der Waals surface area contributed by atoms with E-state index < -0.39 is 0 Å². The Hall–Kier alpha value is -2.01. The van der Waals surface area contributed by atoms with E-state index in [0.29, 0.717) is 6.04 Å². The van der Waals surface area contributed by atoms with Crippen molar-refractivity contribution >= 4 is 11.6 Å². The van der Waals surface area contributed by atoms with Gasteiger partial charge in [0, 0.05) is 18.3 Å². The van der Waals surface area contributed by atoms with Crippen molar-refractivity contribution in [1.82, 2.24) is 20.3 Å². The standard InChI is InChI=1S/C15H19N5/c1-10-5-3-8-17-15(10)20-14-9-13(18-11(2)19-14)12-6-4-7-16-12/h3,5,8-9,12,16H,4,6-7H2,1-2H3,(H,17,18,19,20). The van der Waals surface area contributed by atoms with Gasteiger partial charge in [-0.3, -0.25) is 0 Å². The van der Waals surface area contributed by atoms with Crippen molar-refractivity contribution in [3.05, 3.63) is 41.5 Å². The molecule has 2 N–H and O–H groups in total. The van der Waals surface area contributed by atoms with Crippen LogP contribution >= 0.6 is 0 Å². The van der Waals surface area contributed by atoms with Crippen molar-refractivity contribution in [2.45, 2.75) is 32.7 Å². The van der Waals surface area contributed by atoms with Crippen molar-refractivity contribution in [2.75, 3.05) is 11.9 Å². The van der Waals surface area contributed by atoms with Crippen LogP contribution in [0, 0.1) is 13.8 Å². The number of nitrogens with zero attached hydrogens (tertiary/aromatic N) is 3. The fourth-order valence-electron chi connectivity index (χ4n) is 2.51. The molecule has 3 heterocycles.